The van der Waals surface area contributed by atoms with Gasteiger partial charge >= 0.3 is 5.97 Å². The lowest BCUT2D eigenvalue weighted by Gasteiger charge is -2.19. The standard InChI is InChI=1S/C19H24NO4P/c1-15(14-21)7-6-12-25(20-13-19(22)23-2)24-18-11-5-9-16-8-3-4-10-17(16)18/h3-5,7-11,20-21H,6,12-14H2,1-2H3/b15-7+. The lowest BCUT2D eigenvalue weighted by atomic mass is 10.1. The SMILES string of the molecule is COC(=O)CNP(CC/C=C(\C)CO)Oc1cccc2ccccc12. The van der Waals surface area contributed by atoms with E-state index >= 15 is 0 Å². The van der Waals surface area contributed by atoms with E-state index in [0.29, 0.717) is 0 Å². The van der Waals surface area contributed by atoms with E-state index < -0.39 is 8.30 Å². The molecule has 2 aromatic rings. The van der Waals surface area contributed by atoms with Gasteiger partial charge in [-0.2, -0.15) is 0 Å². The molecule has 0 aromatic heterocycles. The molecule has 6 heteroatoms. The predicted molar refractivity (Wildman–Crippen MR) is 102 cm³/mol. The minimum absolute atomic E-state index is 0.0533. The number of aliphatic hydroxyl groups excluding tert-OH is 1. The van der Waals surface area contributed by atoms with Crippen LogP contribution in [0.25, 0.3) is 10.8 Å². The Kier molecular flexibility index (Phi) is 7.86. The Hall–Kier alpha value is -1.94. The Bertz CT molecular complexity index is 727. The third kappa shape index (κ3) is 6.13. The summed E-state index contributed by atoms with van der Waals surface area (Å²) in [7, 11) is 0.305. The van der Waals surface area contributed by atoms with E-state index in [4.69, 9.17) is 9.63 Å². The number of hydrogen-bond acceptors (Lipinski definition) is 5. The molecule has 0 amide bonds. The van der Waals surface area contributed by atoms with Gasteiger partial charge < -0.3 is 14.4 Å². The normalized spacial score (nSPS) is 12.8. The lowest BCUT2D eigenvalue weighted by molar-refractivity contribution is -0.139. The molecule has 0 spiro atoms. The van der Waals surface area contributed by atoms with Crippen LogP contribution < -0.4 is 9.61 Å². The first kappa shape index (κ1) is 19.4. The second-order valence-corrected chi connectivity index (χ2v) is 7.28. The summed E-state index contributed by atoms with van der Waals surface area (Å²) in [5.74, 6) is 0.473. The molecule has 0 heterocycles. The third-order valence-corrected chi connectivity index (χ3v) is 5.25. The van der Waals surface area contributed by atoms with Gasteiger partial charge in [0.2, 0.25) is 0 Å². The van der Waals surface area contributed by atoms with Crippen LogP contribution in [-0.2, 0) is 9.53 Å². The lowest BCUT2D eigenvalue weighted by Crippen LogP contribution is -2.22. The average molecular weight is 361 g/mol. The van der Waals surface area contributed by atoms with Gasteiger partial charge in [0.1, 0.15) is 12.3 Å². The Labute approximate surface area is 149 Å². The van der Waals surface area contributed by atoms with Crippen LogP contribution in [0, 0.1) is 0 Å². The van der Waals surface area contributed by atoms with E-state index in [0.717, 1.165) is 34.7 Å². The second-order valence-electron chi connectivity index (χ2n) is 5.58. The smallest absolute Gasteiger partial charge is 0.320 e. The number of rotatable bonds is 9. The van der Waals surface area contributed by atoms with Crippen molar-refractivity contribution in [3.05, 3.63) is 54.1 Å². The van der Waals surface area contributed by atoms with Crippen LogP contribution in [0.3, 0.4) is 0 Å². The molecule has 1 unspecified atom stereocenters. The number of methoxy groups -OCH3 is 1. The monoisotopic (exact) mass is 361 g/mol. The molecule has 0 fully saturated rings. The summed E-state index contributed by atoms with van der Waals surface area (Å²) in [5, 5.41) is 14.4. The molecule has 5 nitrogen and oxygen atoms in total. The number of nitrogens with one attached hydrogen (secondary N) is 1. The summed E-state index contributed by atoms with van der Waals surface area (Å²) in [6, 6.07) is 14.0. The Balaban J connectivity index is 2.11. The number of aliphatic hydroxyl groups is 1. The van der Waals surface area contributed by atoms with Gasteiger partial charge in [-0.1, -0.05) is 48.0 Å². The molecule has 0 bridgehead atoms. The maximum atomic E-state index is 11.4. The Morgan fingerprint density at radius 3 is 2.76 bits per heavy atom. The van der Waals surface area contributed by atoms with Crippen LogP contribution in [0.1, 0.15) is 13.3 Å². The van der Waals surface area contributed by atoms with E-state index in [1.165, 1.54) is 7.11 Å². The number of allylic oxidation sites excluding steroid dienone is 1. The van der Waals surface area contributed by atoms with Crippen molar-refractivity contribution in [1.29, 1.82) is 0 Å². The first-order chi connectivity index (χ1) is 12.1. The highest BCUT2D eigenvalue weighted by Crippen LogP contribution is 2.38. The highest BCUT2D eigenvalue weighted by atomic mass is 31.2. The van der Waals surface area contributed by atoms with Gasteiger partial charge in [-0.15, -0.1) is 0 Å². The molecule has 0 aliphatic heterocycles. The van der Waals surface area contributed by atoms with E-state index in [1.807, 2.05) is 55.5 Å². The quantitative estimate of drug-likeness (QED) is 0.406. The zero-order valence-corrected chi connectivity index (χ0v) is 15.5. The molecule has 0 saturated carbocycles. The number of ether oxygens (including phenoxy) is 1. The molecule has 2 N–H and O–H groups in total. The van der Waals surface area contributed by atoms with Crippen molar-refractivity contribution in [2.75, 3.05) is 26.4 Å². The topological polar surface area (TPSA) is 67.8 Å². The summed E-state index contributed by atoms with van der Waals surface area (Å²) in [4.78, 5) is 11.4. The van der Waals surface area contributed by atoms with E-state index in [1.54, 1.807) is 0 Å². The maximum absolute atomic E-state index is 11.4. The predicted octanol–water partition coefficient (Wildman–Crippen LogP) is 3.62. The molecule has 1 atom stereocenters. The minimum atomic E-state index is -1.06. The largest absolute Gasteiger partial charge is 0.468 e. The van der Waals surface area contributed by atoms with E-state index in [-0.39, 0.29) is 19.1 Å². The summed E-state index contributed by atoms with van der Waals surface area (Å²) in [6.07, 6.45) is 3.48. The molecule has 0 aliphatic rings. The first-order valence-electron chi connectivity index (χ1n) is 8.14. The number of carbonyl (C=O) groups is 1. The summed E-state index contributed by atoms with van der Waals surface area (Å²) >= 11 is 0. The number of hydrogen-bond donors (Lipinski definition) is 2. The molecule has 2 aromatic carbocycles. The first-order valence-corrected chi connectivity index (χ1v) is 9.58. The molecule has 25 heavy (non-hydrogen) atoms. The number of benzene rings is 2. The van der Waals surface area contributed by atoms with E-state index in [9.17, 15) is 4.79 Å². The van der Waals surface area contributed by atoms with Crippen LogP contribution in [0.5, 0.6) is 5.75 Å². The van der Waals surface area contributed by atoms with E-state index in [2.05, 4.69) is 9.82 Å². The van der Waals surface area contributed by atoms with Crippen LogP contribution in [0.2, 0.25) is 0 Å². The third-order valence-electron chi connectivity index (χ3n) is 3.66. The highest BCUT2D eigenvalue weighted by molar-refractivity contribution is 7.50. The van der Waals surface area contributed by atoms with Crippen molar-refractivity contribution < 1.29 is 19.2 Å². The fourth-order valence-electron chi connectivity index (χ4n) is 2.27. The van der Waals surface area contributed by atoms with Gasteiger partial charge in [0, 0.05) is 11.5 Å². The second kappa shape index (κ2) is 10.1. The van der Waals surface area contributed by atoms with Crippen LogP contribution in [-0.4, -0.2) is 37.5 Å². The van der Waals surface area contributed by atoms with Gasteiger partial charge in [-0.25, -0.2) is 0 Å². The molecule has 2 rings (SSSR count). The maximum Gasteiger partial charge on any atom is 0.320 e. The molecule has 0 radical (unpaired) electrons. The van der Waals surface area contributed by atoms with Crippen molar-refractivity contribution in [3.63, 3.8) is 0 Å². The molecule has 0 aliphatic carbocycles. The zero-order chi connectivity index (χ0) is 18.1. The summed E-state index contributed by atoms with van der Waals surface area (Å²) in [5.41, 5.74) is 0.924. The molecule has 134 valence electrons. The average Bonchev–Trinajstić information content (AvgIpc) is 2.65. The van der Waals surface area contributed by atoms with Crippen LogP contribution >= 0.6 is 8.30 Å². The van der Waals surface area contributed by atoms with Gasteiger partial charge in [0.25, 0.3) is 0 Å². The Morgan fingerprint density at radius 1 is 1.24 bits per heavy atom. The Morgan fingerprint density at radius 2 is 2.00 bits per heavy atom. The van der Waals surface area contributed by atoms with Crippen molar-refractivity contribution in [2.24, 2.45) is 0 Å². The van der Waals surface area contributed by atoms with Gasteiger partial charge in [-0.05, 0) is 24.8 Å². The van der Waals surface area contributed by atoms with Gasteiger partial charge in [0.15, 0.2) is 8.30 Å². The van der Waals surface area contributed by atoms with Crippen molar-refractivity contribution in [2.45, 2.75) is 13.3 Å². The van der Waals surface area contributed by atoms with Crippen molar-refractivity contribution >= 4 is 25.0 Å². The number of carbonyl (C=O) groups excluding carboxylic acids is 1. The minimum Gasteiger partial charge on any atom is -0.468 e. The fourth-order valence-corrected chi connectivity index (χ4v) is 3.65. The number of esters is 1. The van der Waals surface area contributed by atoms with Crippen molar-refractivity contribution in [1.82, 2.24) is 5.09 Å². The molecular formula is C19H24NO4P. The van der Waals surface area contributed by atoms with Crippen molar-refractivity contribution in [3.8, 4) is 5.75 Å². The van der Waals surface area contributed by atoms with Crippen LogP contribution in [0.4, 0.5) is 0 Å². The molecule has 0 saturated heterocycles. The highest BCUT2D eigenvalue weighted by Gasteiger charge is 2.14. The summed E-state index contributed by atoms with van der Waals surface area (Å²) < 4.78 is 10.9. The van der Waals surface area contributed by atoms with Crippen LogP contribution in [0.15, 0.2) is 54.1 Å². The zero-order valence-electron chi connectivity index (χ0n) is 14.6. The summed E-state index contributed by atoms with van der Waals surface area (Å²) in [6.45, 7) is 2.04. The number of fused-ring (bicyclic) bond motifs is 1. The van der Waals surface area contributed by atoms with Gasteiger partial charge in [-0.3, -0.25) is 9.88 Å². The fraction of sp³-hybridized carbons (Fsp3) is 0.316. The van der Waals surface area contributed by atoms with Gasteiger partial charge in [0.05, 0.1) is 13.7 Å². The molecular weight excluding hydrogens is 337 g/mol.